The van der Waals surface area contributed by atoms with Crippen LogP contribution < -0.4 is 15.4 Å². The molecule has 0 radical (unpaired) electrons. The van der Waals surface area contributed by atoms with Gasteiger partial charge in [-0.15, -0.1) is 0 Å². The molecule has 11 heteroatoms. The molecular weight excluding hydrogens is 580 g/mol. The molecule has 1 fully saturated rings. The van der Waals surface area contributed by atoms with Crippen molar-refractivity contribution in [2.45, 2.75) is 56.3 Å². The fourth-order valence-electron chi connectivity index (χ4n) is 5.38. The standard InChI is InChI=1S/C33H42N4O6S/c1-41-28-13-10-26(11-14-28)22-37-24-34-21-27(37)20-29(38)32(16-7-18-35-32)23-43-33(17-19-44-3,31(40)42-2)36-30(39)15-12-25-8-5-4-6-9-25/h4-6,8-11,13-14,21,24,35H,7,12,15-20,22-23H2,1-3H3,(H,36,39)/t32-,33+/m0/s1. The first kappa shape index (κ1) is 33.2. The van der Waals surface area contributed by atoms with Gasteiger partial charge in [0, 0.05) is 31.3 Å². The van der Waals surface area contributed by atoms with Crippen molar-refractivity contribution in [3.05, 3.63) is 83.9 Å². The Morgan fingerprint density at radius 1 is 1.09 bits per heavy atom. The van der Waals surface area contributed by atoms with Crippen molar-refractivity contribution in [3.8, 4) is 5.75 Å². The molecule has 1 aromatic heterocycles. The van der Waals surface area contributed by atoms with E-state index in [1.165, 1.54) is 18.9 Å². The predicted molar refractivity (Wildman–Crippen MR) is 170 cm³/mol. The van der Waals surface area contributed by atoms with E-state index in [0.717, 1.165) is 29.0 Å². The molecule has 2 heterocycles. The average Bonchev–Trinajstić information content (AvgIpc) is 3.72. The molecule has 2 N–H and O–H groups in total. The van der Waals surface area contributed by atoms with Gasteiger partial charge in [0.2, 0.25) is 11.6 Å². The second-order valence-electron chi connectivity index (χ2n) is 11.0. The van der Waals surface area contributed by atoms with Gasteiger partial charge in [-0.3, -0.25) is 9.59 Å². The summed E-state index contributed by atoms with van der Waals surface area (Å²) in [5.41, 5.74) is 0.0909. The van der Waals surface area contributed by atoms with Gasteiger partial charge in [-0.25, -0.2) is 9.78 Å². The number of nitrogens with one attached hydrogen (secondary N) is 2. The van der Waals surface area contributed by atoms with Crippen LogP contribution in [-0.2, 0) is 43.2 Å². The molecule has 1 saturated heterocycles. The topological polar surface area (TPSA) is 121 Å². The molecule has 10 nitrogen and oxygen atoms in total. The number of nitrogens with zero attached hydrogens (tertiary/aromatic N) is 2. The molecule has 1 aliphatic rings. The summed E-state index contributed by atoms with van der Waals surface area (Å²) in [6.45, 7) is 1.10. The van der Waals surface area contributed by atoms with Crippen LogP contribution in [0.3, 0.4) is 0 Å². The van der Waals surface area contributed by atoms with E-state index in [1.807, 2.05) is 65.4 Å². The Labute approximate surface area is 263 Å². The molecule has 44 heavy (non-hydrogen) atoms. The number of amides is 1. The molecule has 1 amide bonds. The van der Waals surface area contributed by atoms with E-state index >= 15 is 0 Å². The number of carbonyl (C=O) groups excluding carboxylic acids is 3. The van der Waals surface area contributed by atoms with Crippen LogP contribution in [0.2, 0.25) is 0 Å². The predicted octanol–water partition coefficient (Wildman–Crippen LogP) is 3.56. The number of methoxy groups -OCH3 is 2. The Morgan fingerprint density at radius 3 is 2.52 bits per heavy atom. The van der Waals surface area contributed by atoms with Crippen molar-refractivity contribution in [3.63, 3.8) is 0 Å². The Bertz CT molecular complexity index is 1370. The van der Waals surface area contributed by atoms with Gasteiger partial charge >= 0.3 is 5.97 Å². The van der Waals surface area contributed by atoms with Crippen molar-refractivity contribution < 1.29 is 28.6 Å². The van der Waals surface area contributed by atoms with Crippen LogP contribution in [0.4, 0.5) is 0 Å². The zero-order chi connectivity index (χ0) is 31.4. The van der Waals surface area contributed by atoms with Crippen molar-refractivity contribution in [1.29, 1.82) is 0 Å². The maximum atomic E-state index is 14.0. The fourth-order valence-corrected chi connectivity index (χ4v) is 5.87. The van der Waals surface area contributed by atoms with Crippen molar-refractivity contribution in [2.75, 3.05) is 39.4 Å². The normalized spacial score (nSPS) is 17.5. The van der Waals surface area contributed by atoms with Gasteiger partial charge in [-0.1, -0.05) is 42.5 Å². The lowest BCUT2D eigenvalue weighted by molar-refractivity contribution is -0.182. The highest BCUT2D eigenvalue weighted by atomic mass is 32.2. The van der Waals surface area contributed by atoms with E-state index in [9.17, 15) is 14.4 Å². The molecule has 0 unspecified atom stereocenters. The Kier molecular flexibility index (Phi) is 12.0. The third-order valence-electron chi connectivity index (χ3n) is 7.99. The summed E-state index contributed by atoms with van der Waals surface area (Å²) in [5.74, 6) is 0.218. The third kappa shape index (κ3) is 8.49. The molecule has 1 aliphatic heterocycles. The van der Waals surface area contributed by atoms with Gasteiger partial charge in [-0.2, -0.15) is 11.8 Å². The van der Waals surface area contributed by atoms with E-state index in [1.54, 1.807) is 19.6 Å². The minimum atomic E-state index is -1.72. The quantitative estimate of drug-likeness (QED) is 0.172. The molecule has 2 atom stereocenters. The summed E-state index contributed by atoms with van der Waals surface area (Å²) >= 11 is 1.53. The van der Waals surface area contributed by atoms with Crippen molar-refractivity contribution in [2.24, 2.45) is 0 Å². The van der Waals surface area contributed by atoms with Gasteiger partial charge < -0.3 is 29.4 Å². The summed E-state index contributed by atoms with van der Waals surface area (Å²) in [6, 6.07) is 17.4. The van der Waals surface area contributed by atoms with E-state index < -0.39 is 17.2 Å². The van der Waals surface area contributed by atoms with Crippen LogP contribution >= 0.6 is 11.8 Å². The number of ketones is 1. The van der Waals surface area contributed by atoms with Crippen molar-refractivity contribution in [1.82, 2.24) is 20.2 Å². The fraction of sp³-hybridized carbons (Fsp3) is 0.455. The summed E-state index contributed by atoms with van der Waals surface area (Å²) in [6.07, 6.45) is 7.66. The summed E-state index contributed by atoms with van der Waals surface area (Å²) in [7, 11) is 2.90. The average molecular weight is 623 g/mol. The van der Waals surface area contributed by atoms with Gasteiger partial charge in [0.25, 0.3) is 0 Å². The van der Waals surface area contributed by atoms with E-state index in [0.29, 0.717) is 31.7 Å². The van der Waals surface area contributed by atoms with Gasteiger partial charge in [0.05, 0.1) is 33.6 Å². The Balaban J connectivity index is 1.49. The first-order valence-electron chi connectivity index (χ1n) is 14.8. The van der Waals surface area contributed by atoms with Crippen molar-refractivity contribution >= 4 is 29.4 Å². The molecule has 2 aromatic carbocycles. The summed E-state index contributed by atoms with van der Waals surface area (Å²) in [5, 5.41) is 6.21. The first-order chi connectivity index (χ1) is 21.3. The van der Waals surface area contributed by atoms with Crippen LogP contribution in [0.15, 0.2) is 67.1 Å². The van der Waals surface area contributed by atoms with E-state index in [4.69, 9.17) is 14.2 Å². The third-order valence-corrected chi connectivity index (χ3v) is 8.61. The highest BCUT2D eigenvalue weighted by Crippen LogP contribution is 2.27. The number of aromatic nitrogens is 2. The van der Waals surface area contributed by atoms with E-state index in [2.05, 4.69) is 15.6 Å². The maximum Gasteiger partial charge on any atom is 0.359 e. The number of rotatable bonds is 17. The SMILES string of the molecule is COC(=O)[C@](CCSC)(NC(=O)CCc1ccccc1)OC[C@]1(C(=O)Cc2cncn2Cc2ccc(OC)cc2)CCCN1. The number of ether oxygens (including phenoxy) is 3. The maximum absolute atomic E-state index is 14.0. The monoisotopic (exact) mass is 622 g/mol. The number of carbonyl (C=O) groups is 3. The number of benzene rings is 2. The van der Waals surface area contributed by atoms with Crippen LogP contribution in [0.5, 0.6) is 5.75 Å². The Morgan fingerprint density at radius 2 is 1.86 bits per heavy atom. The number of imidazole rings is 1. The molecule has 0 spiro atoms. The second-order valence-corrected chi connectivity index (χ2v) is 11.9. The lowest BCUT2D eigenvalue weighted by Gasteiger charge is -2.36. The van der Waals surface area contributed by atoms with Gasteiger partial charge in [0.15, 0.2) is 5.78 Å². The lowest BCUT2D eigenvalue weighted by Crippen LogP contribution is -2.61. The molecule has 4 rings (SSSR count). The van der Waals surface area contributed by atoms with E-state index in [-0.39, 0.29) is 37.6 Å². The molecular formula is C33H42N4O6S. The number of aryl methyl sites for hydroxylation is 1. The Hall–Kier alpha value is -3.67. The smallest absolute Gasteiger partial charge is 0.359 e. The summed E-state index contributed by atoms with van der Waals surface area (Å²) in [4.78, 5) is 44.7. The van der Waals surface area contributed by atoms with Crippen LogP contribution in [0.1, 0.15) is 42.5 Å². The molecule has 0 saturated carbocycles. The van der Waals surface area contributed by atoms with Gasteiger partial charge in [-0.05, 0) is 61.1 Å². The first-order valence-corrected chi connectivity index (χ1v) is 16.2. The highest BCUT2D eigenvalue weighted by Gasteiger charge is 2.48. The minimum Gasteiger partial charge on any atom is -0.497 e. The number of esters is 1. The van der Waals surface area contributed by atoms with Crippen LogP contribution in [0.25, 0.3) is 0 Å². The van der Waals surface area contributed by atoms with Crippen LogP contribution in [0, 0.1) is 0 Å². The largest absolute Gasteiger partial charge is 0.497 e. The van der Waals surface area contributed by atoms with Crippen LogP contribution in [-0.4, -0.2) is 77.9 Å². The lowest BCUT2D eigenvalue weighted by atomic mass is 9.90. The number of Topliss-reactive ketones (excluding diaryl/α,β-unsaturated/α-hetero) is 1. The molecule has 236 valence electrons. The zero-order valence-electron chi connectivity index (χ0n) is 25.7. The number of thioether (sulfide) groups is 1. The second kappa shape index (κ2) is 15.9. The summed E-state index contributed by atoms with van der Waals surface area (Å²) < 4.78 is 18.7. The number of hydrogen-bond donors (Lipinski definition) is 2. The minimum absolute atomic E-state index is 0.0643. The molecule has 3 aromatic rings. The highest BCUT2D eigenvalue weighted by molar-refractivity contribution is 7.98. The number of hydrogen-bond acceptors (Lipinski definition) is 9. The molecule has 0 bridgehead atoms. The zero-order valence-corrected chi connectivity index (χ0v) is 26.5. The molecule has 0 aliphatic carbocycles. The van der Waals surface area contributed by atoms with Gasteiger partial charge in [0.1, 0.15) is 11.3 Å².